The molecule has 9 heteroatoms. The average Bonchev–Trinajstić information content (AvgIpc) is 2.82. The highest BCUT2D eigenvalue weighted by atomic mass is 35.5. The van der Waals surface area contributed by atoms with E-state index in [2.05, 4.69) is 5.32 Å². The minimum atomic E-state index is -3.72. The number of amides is 1. The highest BCUT2D eigenvalue weighted by molar-refractivity contribution is 7.89. The lowest BCUT2D eigenvalue weighted by atomic mass is 9.98. The van der Waals surface area contributed by atoms with E-state index in [0.29, 0.717) is 46.6 Å². The molecule has 1 amide bonds. The number of para-hydroxylation sites is 1. The second-order valence-corrected chi connectivity index (χ2v) is 10.5. The van der Waals surface area contributed by atoms with Gasteiger partial charge >= 0.3 is 0 Å². The molecule has 0 aliphatic carbocycles. The summed E-state index contributed by atoms with van der Waals surface area (Å²) in [7, 11) is -3.72. The summed E-state index contributed by atoms with van der Waals surface area (Å²) in [6, 6.07) is 20.2. The zero-order valence-corrected chi connectivity index (χ0v) is 19.9. The molecule has 3 aromatic carbocycles. The van der Waals surface area contributed by atoms with Crippen molar-refractivity contribution < 1.29 is 17.9 Å². The molecule has 172 valence electrons. The van der Waals surface area contributed by atoms with E-state index < -0.39 is 15.9 Å². The third-order valence-electron chi connectivity index (χ3n) is 5.38. The van der Waals surface area contributed by atoms with Crippen LogP contribution in [-0.2, 0) is 14.8 Å². The first-order valence-electron chi connectivity index (χ1n) is 10.4. The van der Waals surface area contributed by atoms with Gasteiger partial charge in [-0.2, -0.15) is 4.31 Å². The van der Waals surface area contributed by atoms with Gasteiger partial charge in [0.2, 0.25) is 15.9 Å². The Morgan fingerprint density at radius 3 is 2.39 bits per heavy atom. The van der Waals surface area contributed by atoms with Gasteiger partial charge in [-0.1, -0.05) is 41.4 Å². The fraction of sp³-hybridized carbons (Fsp3) is 0.208. The fourth-order valence-corrected chi connectivity index (χ4v) is 5.49. The number of nitrogens with one attached hydrogen (secondary N) is 1. The maximum Gasteiger partial charge on any atom is 0.243 e. The molecule has 6 nitrogen and oxygen atoms in total. The Bertz CT molecular complexity index is 1240. The largest absolute Gasteiger partial charge is 0.455 e. The van der Waals surface area contributed by atoms with E-state index in [1.54, 1.807) is 30.3 Å². The fourth-order valence-electron chi connectivity index (χ4n) is 3.67. The van der Waals surface area contributed by atoms with E-state index in [1.807, 2.05) is 18.2 Å². The van der Waals surface area contributed by atoms with Crippen molar-refractivity contribution >= 4 is 44.8 Å². The van der Waals surface area contributed by atoms with Crippen LogP contribution in [0.4, 0.5) is 5.69 Å². The first kappa shape index (κ1) is 23.6. The van der Waals surface area contributed by atoms with Crippen LogP contribution in [0.1, 0.15) is 12.8 Å². The van der Waals surface area contributed by atoms with Gasteiger partial charge in [-0.05, 0) is 67.4 Å². The first-order valence-corrected chi connectivity index (χ1v) is 12.6. The summed E-state index contributed by atoms with van der Waals surface area (Å²) < 4.78 is 33.3. The molecule has 1 aliphatic rings. The summed E-state index contributed by atoms with van der Waals surface area (Å²) in [6.07, 6.45) is 1.15. The second kappa shape index (κ2) is 10.1. The molecule has 1 heterocycles. The molecule has 3 aromatic rings. The summed E-state index contributed by atoms with van der Waals surface area (Å²) in [6.45, 7) is 0.445. The van der Waals surface area contributed by atoms with Crippen molar-refractivity contribution in [2.24, 2.45) is 5.92 Å². The maximum atomic E-state index is 13.1. The van der Waals surface area contributed by atoms with E-state index in [0.717, 1.165) is 0 Å². The van der Waals surface area contributed by atoms with Gasteiger partial charge in [-0.25, -0.2) is 8.42 Å². The van der Waals surface area contributed by atoms with Crippen LogP contribution in [0.5, 0.6) is 11.5 Å². The van der Waals surface area contributed by atoms with Crippen LogP contribution in [0.3, 0.4) is 0 Å². The molecule has 1 fully saturated rings. The molecule has 1 aliphatic heterocycles. The van der Waals surface area contributed by atoms with E-state index >= 15 is 0 Å². The molecule has 0 bridgehead atoms. The van der Waals surface area contributed by atoms with E-state index in [-0.39, 0.29) is 17.3 Å². The molecule has 33 heavy (non-hydrogen) atoms. The zero-order chi connectivity index (χ0) is 23.4. The minimum absolute atomic E-state index is 0.0895. The van der Waals surface area contributed by atoms with Crippen molar-refractivity contribution in [2.75, 3.05) is 18.4 Å². The van der Waals surface area contributed by atoms with Gasteiger partial charge in [-0.15, -0.1) is 0 Å². The molecular formula is C24H22Cl2N2O4S. The number of nitrogens with zero attached hydrogens (tertiary/aromatic N) is 1. The lowest BCUT2D eigenvalue weighted by molar-refractivity contribution is -0.120. The second-order valence-electron chi connectivity index (χ2n) is 7.70. The Kier molecular flexibility index (Phi) is 7.24. The highest BCUT2D eigenvalue weighted by Gasteiger charge is 2.33. The normalized spacial score (nSPS) is 16.8. The number of ether oxygens (including phenoxy) is 1. The average molecular weight is 505 g/mol. The van der Waals surface area contributed by atoms with Crippen LogP contribution in [0, 0.1) is 5.92 Å². The SMILES string of the molecule is O=C(Nc1cc(Cl)ccc1Oc1ccccc1)[C@H]1CCCN(S(=O)(=O)c2ccc(Cl)cc2)C1. The summed E-state index contributed by atoms with van der Waals surface area (Å²) in [4.78, 5) is 13.2. The van der Waals surface area contributed by atoms with Crippen LogP contribution in [0.25, 0.3) is 0 Å². The molecular weight excluding hydrogens is 483 g/mol. The Morgan fingerprint density at radius 2 is 1.67 bits per heavy atom. The third kappa shape index (κ3) is 5.68. The lowest BCUT2D eigenvalue weighted by Crippen LogP contribution is -2.43. The van der Waals surface area contributed by atoms with Crippen LogP contribution < -0.4 is 10.1 Å². The van der Waals surface area contributed by atoms with Gasteiger partial charge in [0.25, 0.3) is 0 Å². The molecule has 1 N–H and O–H groups in total. The van der Waals surface area contributed by atoms with Crippen LogP contribution >= 0.6 is 23.2 Å². The van der Waals surface area contributed by atoms with E-state index in [4.69, 9.17) is 27.9 Å². The first-order chi connectivity index (χ1) is 15.8. The number of rotatable bonds is 6. The van der Waals surface area contributed by atoms with Gasteiger partial charge in [0.1, 0.15) is 5.75 Å². The number of piperidine rings is 1. The smallest absolute Gasteiger partial charge is 0.243 e. The summed E-state index contributed by atoms with van der Waals surface area (Å²) in [5.41, 5.74) is 0.425. The number of sulfonamides is 1. The van der Waals surface area contributed by atoms with Gasteiger partial charge in [0.05, 0.1) is 16.5 Å². The monoisotopic (exact) mass is 504 g/mol. The number of carbonyl (C=O) groups excluding carboxylic acids is 1. The van der Waals surface area contributed by atoms with Gasteiger partial charge in [0.15, 0.2) is 5.75 Å². The van der Waals surface area contributed by atoms with Gasteiger partial charge < -0.3 is 10.1 Å². The Balaban J connectivity index is 1.50. The van der Waals surface area contributed by atoms with Crippen molar-refractivity contribution in [1.29, 1.82) is 0 Å². The highest BCUT2D eigenvalue weighted by Crippen LogP contribution is 2.33. The summed E-state index contributed by atoms with van der Waals surface area (Å²) >= 11 is 12.0. The van der Waals surface area contributed by atoms with Gasteiger partial charge in [-0.3, -0.25) is 4.79 Å². The van der Waals surface area contributed by atoms with Crippen LogP contribution in [-0.4, -0.2) is 31.7 Å². The number of hydrogen-bond acceptors (Lipinski definition) is 4. The van der Waals surface area contributed by atoms with Crippen LogP contribution in [0.15, 0.2) is 77.7 Å². The number of benzene rings is 3. The minimum Gasteiger partial charge on any atom is -0.455 e. The Morgan fingerprint density at radius 1 is 0.970 bits per heavy atom. The Hall–Kier alpha value is -2.58. The molecule has 0 aromatic heterocycles. The molecule has 0 unspecified atom stereocenters. The van der Waals surface area contributed by atoms with Crippen molar-refractivity contribution in [3.05, 3.63) is 82.8 Å². The lowest BCUT2D eigenvalue weighted by Gasteiger charge is -2.31. The molecule has 4 rings (SSSR count). The maximum absolute atomic E-state index is 13.1. The predicted molar refractivity (Wildman–Crippen MR) is 130 cm³/mol. The quantitative estimate of drug-likeness (QED) is 0.458. The van der Waals surface area contributed by atoms with Crippen molar-refractivity contribution in [2.45, 2.75) is 17.7 Å². The van der Waals surface area contributed by atoms with Gasteiger partial charge in [0, 0.05) is 23.1 Å². The third-order valence-corrected chi connectivity index (χ3v) is 7.74. The van der Waals surface area contributed by atoms with E-state index in [9.17, 15) is 13.2 Å². The molecule has 1 atom stereocenters. The predicted octanol–water partition coefficient (Wildman–Crippen LogP) is 5.83. The number of carbonyl (C=O) groups is 1. The van der Waals surface area contributed by atoms with Crippen molar-refractivity contribution in [1.82, 2.24) is 4.31 Å². The molecule has 0 radical (unpaired) electrons. The zero-order valence-electron chi connectivity index (χ0n) is 17.6. The van der Waals surface area contributed by atoms with Crippen molar-refractivity contribution in [3.63, 3.8) is 0 Å². The molecule has 0 spiro atoms. The number of halogens is 2. The standard InChI is InChI=1S/C24H22Cl2N2O4S/c25-18-8-11-21(12-9-18)33(30,31)28-14-4-5-17(16-28)24(29)27-22-15-19(26)10-13-23(22)32-20-6-2-1-3-7-20/h1-3,6-13,15,17H,4-5,14,16H2,(H,27,29)/t17-/m0/s1. The molecule has 1 saturated heterocycles. The topological polar surface area (TPSA) is 75.7 Å². The number of anilines is 1. The molecule has 0 saturated carbocycles. The summed E-state index contributed by atoms with van der Waals surface area (Å²) in [5.74, 6) is 0.268. The van der Waals surface area contributed by atoms with E-state index in [1.165, 1.54) is 28.6 Å². The summed E-state index contributed by atoms with van der Waals surface area (Å²) in [5, 5.41) is 3.78. The van der Waals surface area contributed by atoms with Crippen LogP contribution in [0.2, 0.25) is 10.0 Å². The number of hydrogen-bond donors (Lipinski definition) is 1. The van der Waals surface area contributed by atoms with Crippen molar-refractivity contribution in [3.8, 4) is 11.5 Å². The Labute approximate surface area is 203 Å².